The van der Waals surface area contributed by atoms with E-state index in [2.05, 4.69) is 6.07 Å². The van der Waals surface area contributed by atoms with Crippen LogP contribution in [0.15, 0.2) is 60.0 Å². The van der Waals surface area contributed by atoms with Gasteiger partial charge in [0.15, 0.2) is 15.6 Å². The topological polar surface area (TPSA) is 72.9 Å². The van der Waals surface area contributed by atoms with Crippen LogP contribution in [-0.4, -0.2) is 49.0 Å². The lowest BCUT2D eigenvalue weighted by molar-refractivity contribution is -0.162. The summed E-state index contributed by atoms with van der Waals surface area (Å²) in [4.78, 5) is 16.3. The standard InChI is InChI=1S/C32H41Cl2NO5S/c1-7-27(15-16-41(37,38)21(2)3)35-30(36)22(4)17-29(23-9-8-10-26(34)18-23)32(35,24-11-13-25(33)14-12-24)19-28-20-39-31(5,6)40-28/h8-16,18,21-22,27-29H,7,17,19-20H2,1-6H3/b16-15+/t22-,27+,28?,29-,32-/m1/s1. The van der Waals surface area contributed by atoms with Crippen LogP contribution in [0.2, 0.25) is 10.0 Å². The summed E-state index contributed by atoms with van der Waals surface area (Å²) >= 11 is 12.9. The number of halogens is 2. The molecule has 224 valence electrons. The van der Waals surface area contributed by atoms with Gasteiger partial charge in [-0.15, -0.1) is 0 Å². The third-order valence-electron chi connectivity index (χ3n) is 8.35. The third-order valence-corrected chi connectivity index (χ3v) is 10.7. The van der Waals surface area contributed by atoms with Crippen LogP contribution >= 0.6 is 23.2 Å². The zero-order chi connectivity index (χ0) is 30.2. The van der Waals surface area contributed by atoms with E-state index in [9.17, 15) is 13.2 Å². The molecule has 5 atom stereocenters. The zero-order valence-electron chi connectivity index (χ0n) is 24.6. The maximum atomic E-state index is 14.4. The third kappa shape index (κ3) is 6.70. The Kier molecular flexibility index (Phi) is 9.66. The summed E-state index contributed by atoms with van der Waals surface area (Å²) in [5.74, 6) is -1.27. The number of carbonyl (C=O) groups excluding carboxylic acids is 1. The lowest BCUT2D eigenvalue weighted by atomic mass is 9.63. The highest BCUT2D eigenvalue weighted by atomic mass is 35.5. The zero-order valence-corrected chi connectivity index (χ0v) is 27.0. The van der Waals surface area contributed by atoms with Gasteiger partial charge >= 0.3 is 0 Å². The average molecular weight is 623 g/mol. The van der Waals surface area contributed by atoms with Gasteiger partial charge in [0.25, 0.3) is 0 Å². The minimum atomic E-state index is -3.49. The smallest absolute Gasteiger partial charge is 0.226 e. The Balaban J connectivity index is 2.01. The van der Waals surface area contributed by atoms with Crippen molar-refractivity contribution in [3.63, 3.8) is 0 Å². The first-order chi connectivity index (χ1) is 19.2. The fourth-order valence-electron chi connectivity index (χ4n) is 6.26. The van der Waals surface area contributed by atoms with E-state index in [1.165, 1.54) is 5.41 Å². The fourth-order valence-corrected chi connectivity index (χ4v) is 7.30. The molecule has 6 nitrogen and oxygen atoms in total. The quantitative estimate of drug-likeness (QED) is 0.290. The molecular weight excluding hydrogens is 581 g/mol. The normalized spacial score (nSPS) is 27.6. The molecule has 1 unspecified atom stereocenters. The average Bonchev–Trinajstić information content (AvgIpc) is 3.25. The first-order valence-electron chi connectivity index (χ1n) is 14.3. The summed E-state index contributed by atoms with van der Waals surface area (Å²) in [6, 6.07) is 14.9. The van der Waals surface area contributed by atoms with Gasteiger partial charge in [0.2, 0.25) is 5.91 Å². The molecule has 1 amide bonds. The number of sulfone groups is 1. The first-order valence-corrected chi connectivity index (χ1v) is 16.6. The van der Waals surface area contributed by atoms with E-state index < -0.39 is 32.5 Å². The fraction of sp³-hybridized carbons (Fsp3) is 0.531. The predicted molar refractivity (Wildman–Crippen MR) is 165 cm³/mol. The Labute approximate surface area is 254 Å². The monoisotopic (exact) mass is 621 g/mol. The van der Waals surface area contributed by atoms with Crippen LogP contribution in [0.25, 0.3) is 0 Å². The number of carbonyl (C=O) groups is 1. The Morgan fingerprint density at radius 3 is 2.34 bits per heavy atom. The number of hydrogen-bond donors (Lipinski definition) is 0. The van der Waals surface area contributed by atoms with Crippen molar-refractivity contribution in [2.75, 3.05) is 6.61 Å². The van der Waals surface area contributed by atoms with Gasteiger partial charge in [-0.2, -0.15) is 0 Å². The molecular formula is C32H41Cl2NO5S. The Morgan fingerprint density at radius 1 is 1.10 bits per heavy atom. The van der Waals surface area contributed by atoms with Crippen LogP contribution in [0.3, 0.4) is 0 Å². The molecule has 0 radical (unpaired) electrons. The van der Waals surface area contributed by atoms with Crippen molar-refractivity contribution in [3.05, 3.63) is 81.2 Å². The Morgan fingerprint density at radius 2 is 1.78 bits per heavy atom. The molecule has 0 bridgehead atoms. The highest BCUT2D eigenvalue weighted by Gasteiger charge is 2.56. The van der Waals surface area contributed by atoms with Crippen LogP contribution in [0.1, 0.15) is 77.8 Å². The van der Waals surface area contributed by atoms with Gasteiger partial charge in [-0.05, 0) is 75.9 Å². The number of likely N-dealkylation sites (tertiary alicyclic amines) is 1. The van der Waals surface area contributed by atoms with Gasteiger partial charge in [0, 0.05) is 33.7 Å². The molecule has 2 heterocycles. The van der Waals surface area contributed by atoms with Crippen molar-refractivity contribution in [2.45, 2.75) is 95.4 Å². The van der Waals surface area contributed by atoms with Crippen molar-refractivity contribution in [1.82, 2.24) is 4.90 Å². The molecule has 0 saturated carbocycles. The summed E-state index contributed by atoms with van der Waals surface area (Å²) in [5.41, 5.74) is 0.988. The van der Waals surface area contributed by atoms with Crippen LogP contribution in [0.5, 0.6) is 0 Å². The minimum Gasteiger partial charge on any atom is -0.348 e. The molecule has 2 fully saturated rings. The minimum absolute atomic E-state index is 0.0325. The summed E-state index contributed by atoms with van der Waals surface area (Å²) in [7, 11) is -3.49. The van der Waals surface area contributed by atoms with E-state index in [4.69, 9.17) is 32.7 Å². The van der Waals surface area contributed by atoms with Gasteiger partial charge in [-0.1, -0.05) is 67.4 Å². The van der Waals surface area contributed by atoms with Crippen LogP contribution in [0, 0.1) is 5.92 Å². The number of benzene rings is 2. The molecule has 0 N–H and O–H groups in total. The second kappa shape index (κ2) is 12.4. The second-order valence-electron chi connectivity index (χ2n) is 12.0. The number of ether oxygens (including phenoxy) is 2. The largest absolute Gasteiger partial charge is 0.348 e. The molecule has 41 heavy (non-hydrogen) atoms. The summed E-state index contributed by atoms with van der Waals surface area (Å²) in [6.07, 6.45) is 2.91. The molecule has 2 aromatic rings. The Bertz CT molecular complexity index is 1370. The highest BCUT2D eigenvalue weighted by Crippen LogP contribution is 2.55. The molecule has 2 saturated heterocycles. The summed E-state index contributed by atoms with van der Waals surface area (Å²) in [6.45, 7) is 11.4. The van der Waals surface area contributed by atoms with Gasteiger partial charge in [0.05, 0.1) is 29.5 Å². The van der Waals surface area contributed by atoms with E-state index >= 15 is 0 Å². The van der Waals surface area contributed by atoms with Crippen LogP contribution < -0.4 is 0 Å². The van der Waals surface area contributed by atoms with E-state index in [0.717, 1.165) is 11.1 Å². The highest BCUT2D eigenvalue weighted by molar-refractivity contribution is 7.94. The van der Waals surface area contributed by atoms with Crippen LogP contribution in [0.4, 0.5) is 0 Å². The van der Waals surface area contributed by atoms with Crippen LogP contribution in [-0.2, 0) is 29.6 Å². The lowest BCUT2D eigenvalue weighted by Gasteiger charge is -2.57. The SMILES string of the molecule is CC[C@@H](/C=C/S(=O)(=O)C(C)C)N1C(=O)[C@H](C)C[C@H](c2cccc(Cl)c2)[C@@]1(CC1COC(C)(C)O1)c1ccc(Cl)cc1. The molecule has 0 spiro atoms. The van der Waals surface area contributed by atoms with Crippen molar-refractivity contribution in [1.29, 1.82) is 0 Å². The molecule has 4 rings (SSSR count). The number of hydrogen-bond acceptors (Lipinski definition) is 5. The van der Waals surface area contributed by atoms with E-state index in [-0.39, 0.29) is 23.8 Å². The molecule has 2 aliphatic rings. The van der Waals surface area contributed by atoms with Gasteiger partial charge < -0.3 is 14.4 Å². The number of rotatable bonds is 9. The van der Waals surface area contributed by atoms with Crippen molar-refractivity contribution in [3.8, 4) is 0 Å². The molecule has 9 heteroatoms. The van der Waals surface area contributed by atoms with Crippen molar-refractivity contribution in [2.24, 2.45) is 5.92 Å². The maximum Gasteiger partial charge on any atom is 0.226 e. The lowest BCUT2D eigenvalue weighted by Crippen LogP contribution is -2.62. The predicted octanol–water partition coefficient (Wildman–Crippen LogP) is 7.50. The van der Waals surface area contributed by atoms with E-state index in [1.807, 2.05) is 75.1 Å². The van der Waals surface area contributed by atoms with Crippen molar-refractivity contribution < 1.29 is 22.7 Å². The van der Waals surface area contributed by atoms with Crippen molar-refractivity contribution >= 4 is 38.9 Å². The summed E-state index contributed by atoms with van der Waals surface area (Å²) in [5, 5.41) is 1.90. The first kappa shape index (κ1) is 32.0. The number of piperidine rings is 1. The molecule has 2 aromatic carbocycles. The van der Waals surface area contributed by atoms with E-state index in [0.29, 0.717) is 35.9 Å². The van der Waals surface area contributed by atoms with E-state index in [1.54, 1.807) is 19.9 Å². The molecule has 0 aromatic heterocycles. The number of amides is 1. The summed E-state index contributed by atoms with van der Waals surface area (Å²) < 4.78 is 38.1. The van der Waals surface area contributed by atoms with Gasteiger partial charge in [-0.3, -0.25) is 4.79 Å². The van der Waals surface area contributed by atoms with Gasteiger partial charge in [0.1, 0.15) is 0 Å². The molecule has 0 aliphatic carbocycles. The maximum absolute atomic E-state index is 14.4. The molecule has 2 aliphatic heterocycles. The number of nitrogens with zero attached hydrogens (tertiary/aromatic N) is 1. The van der Waals surface area contributed by atoms with Gasteiger partial charge in [-0.25, -0.2) is 8.42 Å². The second-order valence-corrected chi connectivity index (χ2v) is 15.2. The Hall–Kier alpha value is -1.90.